The van der Waals surface area contributed by atoms with Crippen molar-refractivity contribution in [2.75, 3.05) is 13.1 Å². The second-order valence-corrected chi connectivity index (χ2v) is 7.55. The second-order valence-electron chi connectivity index (χ2n) is 7.55. The lowest BCUT2D eigenvalue weighted by molar-refractivity contribution is 0.0824. The minimum absolute atomic E-state index is 0.127. The van der Waals surface area contributed by atoms with Gasteiger partial charge in [-0.15, -0.1) is 0 Å². The molecule has 0 spiro atoms. The van der Waals surface area contributed by atoms with Crippen LogP contribution in [0.1, 0.15) is 64.8 Å². The molecular weight excluding hydrogens is 314 g/mol. The van der Waals surface area contributed by atoms with Crippen LogP contribution in [0.4, 0.5) is 0 Å². The molecule has 132 valence electrons. The monoisotopic (exact) mass is 339 g/mol. The largest absolute Gasteiger partial charge is 0.338 e. The lowest BCUT2D eigenvalue weighted by Gasteiger charge is -2.30. The topological polar surface area (TPSA) is 59.2 Å². The van der Waals surface area contributed by atoms with Gasteiger partial charge in [-0.1, -0.05) is 28.9 Å². The number of rotatable bonds is 5. The summed E-state index contributed by atoms with van der Waals surface area (Å²) in [7, 11) is 0. The zero-order valence-corrected chi connectivity index (χ0v) is 15.0. The molecule has 1 aliphatic carbocycles. The first-order valence-electron chi connectivity index (χ1n) is 9.26. The maximum Gasteiger partial charge on any atom is 0.240 e. The quantitative estimate of drug-likeness (QED) is 0.778. The summed E-state index contributed by atoms with van der Waals surface area (Å²) < 4.78 is 5.37. The van der Waals surface area contributed by atoms with E-state index in [4.69, 9.17) is 4.52 Å². The van der Waals surface area contributed by atoms with Crippen LogP contribution < -0.4 is 0 Å². The molecule has 0 unspecified atom stereocenters. The van der Waals surface area contributed by atoms with Crippen LogP contribution in [-0.2, 0) is 6.54 Å². The van der Waals surface area contributed by atoms with Crippen LogP contribution in [0.5, 0.6) is 0 Å². The maximum absolute atomic E-state index is 12.8. The lowest BCUT2D eigenvalue weighted by atomic mass is 9.87. The summed E-state index contributed by atoms with van der Waals surface area (Å²) in [6.45, 7) is 6.60. The molecule has 0 N–H and O–H groups in total. The zero-order chi connectivity index (χ0) is 17.4. The van der Waals surface area contributed by atoms with Gasteiger partial charge in [-0.25, -0.2) is 0 Å². The molecule has 4 rings (SSSR count). The standard InChI is InChI=1S/C20H25N3O2/c1-13-3-6-17(14(2)11-13)19(24)15-7-9-23(10-8-15)12-18-21-20(22-25-18)16-4-5-16/h3,6,11,15-16H,4-5,7-10,12H2,1-2H3. The van der Waals surface area contributed by atoms with Crippen molar-refractivity contribution < 1.29 is 9.32 Å². The van der Waals surface area contributed by atoms with Crippen molar-refractivity contribution in [1.82, 2.24) is 15.0 Å². The molecule has 2 aliphatic rings. The van der Waals surface area contributed by atoms with Crippen molar-refractivity contribution in [3.05, 3.63) is 46.6 Å². The van der Waals surface area contributed by atoms with E-state index in [0.29, 0.717) is 24.1 Å². The van der Waals surface area contributed by atoms with E-state index in [1.165, 1.54) is 18.4 Å². The first-order chi connectivity index (χ1) is 12.1. The van der Waals surface area contributed by atoms with Gasteiger partial charge in [0.25, 0.3) is 0 Å². The Bertz CT molecular complexity index is 771. The molecule has 1 saturated carbocycles. The molecule has 1 aromatic heterocycles. The Balaban J connectivity index is 1.33. The van der Waals surface area contributed by atoms with Gasteiger partial charge >= 0.3 is 0 Å². The number of hydrogen-bond acceptors (Lipinski definition) is 5. The van der Waals surface area contributed by atoms with Crippen LogP contribution in [0.3, 0.4) is 0 Å². The Hall–Kier alpha value is -2.01. The van der Waals surface area contributed by atoms with E-state index in [0.717, 1.165) is 42.9 Å². The van der Waals surface area contributed by atoms with Crippen LogP contribution in [0.2, 0.25) is 0 Å². The Labute approximate surface area is 148 Å². The Morgan fingerprint density at radius 1 is 1.20 bits per heavy atom. The predicted molar refractivity (Wildman–Crippen MR) is 94.5 cm³/mol. The molecule has 0 bridgehead atoms. The fourth-order valence-corrected chi connectivity index (χ4v) is 3.69. The highest BCUT2D eigenvalue weighted by atomic mass is 16.5. The summed E-state index contributed by atoms with van der Waals surface area (Å²) >= 11 is 0. The first kappa shape index (κ1) is 16.5. The zero-order valence-electron chi connectivity index (χ0n) is 15.0. The average molecular weight is 339 g/mol. The lowest BCUT2D eigenvalue weighted by Crippen LogP contribution is -2.36. The van der Waals surface area contributed by atoms with Gasteiger partial charge in [0.2, 0.25) is 5.89 Å². The predicted octanol–water partition coefficient (Wildman–Crippen LogP) is 3.66. The van der Waals surface area contributed by atoms with E-state index in [1.54, 1.807) is 0 Å². The maximum atomic E-state index is 12.8. The van der Waals surface area contributed by atoms with Crippen LogP contribution in [0, 0.1) is 19.8 Å². The number of carbonyl (C=O) groups excluding carboxylic acids is 1. The van der Waals surface area contributed by atoms with Gasteiger partial charge < -0.3 is 4.52 Å². The molecule has 2 fully saturated rings. The molecule has 1 saturated heterocycles. The summed E-state index contributed by atoms with van der Waals surface area (Å²) in [6.07, 6.45) is 4.17. The van der Waals surface area contributed by atoms with Crippen LogP contribution in [0.15, 0.2) is 22.7 Å². The van der Waals surface area contributed by atoms with E-state index in [-0.39, 0.29) is 5.92 Å². The molecule has 5 nitrogen and oxygen atoms in total. The normalized spacial score (nSPS) is 19.3. The number of aryl methyl sites for hydroxylation is 2. The van der Waals surface area contributed by atoms with E-state index in [9.17, 15) is 4.79 Å². The molecule has 25 heavy (non-hydrogen) atoms. The van der Waals surface area contributed by atoms with E-state index in [2.05, 4.69) is 28.0 Å². The Morgan fingerprint density at radius 2 is 1.96 bits per heavy atom. The van der Waals surface area contributed by atoms with Crippen molar-refractivity contribution in [2.24, 2.45) is 5.92 Å². The molecular formula is C20H25N3O2. The number of aromatic nitrogens is 2. The molecule has 1 aromatic carbocycles. The number of carbonyl (C=O) groups is 1. The number of benzene rings is 1. The molecule has 1 aliphatic heterocycles. The third kappa shape index (κ3) is 3.66. The summed E-state index contributed by atoms with van der Waals surface area (Å²) in [5.41, 5.74) is 3.18. The molecule has 0 radical (unpaired) electrons. The highest BCUT2D eigenvalue weighted by Gasteiger charge is 2.30. The molecule has 2 heterocycles. The fraction of sp³-hybridized carbons (Fsp3) is 0.550. The number of hydrogen-bond donors (Lipinski definition) is 0. The fourth-order valence-electron chi connectivity index (χ4n) is 3.69. The van der Waals surface area contributed by atoms with Crippen molar-refractivity contribution in [3.63, 3.8) is 0 Å². The molecule has 0 atom stereocenters. The summed E-state index contributed by atoms with van der Waals surface area (Å²) in [6, 6.07) is 6.11. The second kappa shape index (κ2) is 6.71. The van der Waals surface area contributed by atoms with Gasteiger partial charge in [-0.2, -0.15) is 4.98 Å². The highest BCUT2D eigenvalue weighted by Crippen LogP contribution is 2.38. The number of likely N-dealkylation sites (tertiary alicyclic amines) is 1. The minimum atomic E-state index is 0.127. The van der Waals surface area contributed by atoms with E-state index < -0.39 is 0 Å². The first-order valence-corrected chi connectivity index (χ1v) is 9.26. The van der Waals surface area contributed by atoms with Crippen LogP contribution in [0.25, 0.3) is 0 Å². The highest BCUT2D eigenvalue weighted by molar-refractivity contribution is 5.99. The Kier molecular flexibility index (Phi) is 4.42. The number of piperidine rings is 1. The third-order valence-electron chi connectivity index (χ3n) is 5.39. The van der Waals surface area contributed by atoms with Crippen molar-refractivity contribution >= 4 is 5.78 Å². The van der Waals surface area contributed by atoms with Crippen LogP contribution >= 0.6 is 0 Å². The van der Waals surface area contributed by atoms with Gasteiger partial charge in [-0.3, -0.25) is 9.69 Å². The van der Waals surface area contributed by atoms with E-state index in [1.807, 2.05) is 19.1 Å². The Morgan fingerprint density at radius 3 is 2.64 bits per heavy atom. The molecule has 0 amide bonds. The average Bonchev–Trinajstić information content (AvgIpc) is 3.35. The molecule has 2 aromatic rings. The van der Waals surface area contributed by atoms with Crippen molar-refractivity contribution in [2.45, 2.75) is 52.0 Å². The van der Waals surface area contributed by atoms with E-state index >= 15 is 0 Å². The SMILES string of the molecule is Cc1ccc(C(=O)C2CCN(Cc3nc(C4CC4)no3)CC2)c(C)c1. The third-order valence-corrected chi connectivity index (χ3v) is 5.39. The van der Waals surface area contributed by atoms with Gasteiger partial charge in [-0.05, 0) is 58.2 Å². The van der Waals surface area contributed by atoms with Gasteiger partial charge in [0.05, 0.1) is 6.54 Å². The van der Waals surface area contributed by atoms with Crippen LogP contribution in [-0.4, -0.2) is 33.9 Å². The van der Waals surface area contributed by atoms with Crippen molar-refractivity contribution in [3.8, 4) is 0 Å². The number of Topliss-reactive ketones (excluding diaryl/α,β-unsaturated/α-hetero) is 1. The minimum Gasteiger partial charge on any atom is -0.338 e. The molecule has 5 heteroatoms. The number of ketones is 1. The number of nitrogens with zero attached hydrogens (tertiary/aromatic N) is 3. The summed E-state index contributed by atoms with van der Waals surface area (Å²) in [5, 5.41) is 4.08. The van der Waals surface area contributed by atoms with Crippen molar-refractivity contribution in [1.29, 1.82) is 0 Å². The van der Waals surface area contributed by atoms with Gasteiger partial charge in [0.15, 0.2) is 11.6 Å². The smallest absolute Gasteiger partial charge is 0.240 e. The summed E-state index contributed by atoms with van der Waals surface area (Å²) in [5.74, 6) is 2.53. The van der Waals surface area contributed by atoms with Gasteiger partial charge in [0.1, 0.15) is 0 Å². The summed E-state index contributed by atoms with van der Waals surface area (Å²) in [4.78, 5) is 19.6. The van der Waals surface area contributed by atoms with Gasteiger partial charge in [0, 0.05) is 17.4 Å².